The zero-order valence-electron chi connectivity index (χ0n) is 16.7. The van der Waals surface area contributed by atoms with E-state index in [1.807, 2.05) is 6.26 Å². The Hall–Kier alpha value is -1.93. The molecule has 0 aromatic heterocycles. The average molecular weight is 471 g/mol. The maximum Gasteiger partial charge on any atom is 0.253 e. The van der Waals surface area contributed by atoms with Crippen LogP contribution in [0.1, 0.15) is 16.8 Å². The van der Waals surface area contributed by atoms with Crippen LogP contribution in [-0.4, -0.2) is 50.2 Å². The minimum absolute atomic E-state index is 0.230. The predicted octanol–water partition coefficient (Wildman–Crippen LogP) is 4.51. The number of benzene rings is 2. The fraction of sp³-hybridized carbons (Fsp3) is 0.333. The van der Waals surface area contributed by atoms with E-state index >= 15 is 0 Å². The van der Waals surface area contributed by atoms with Crippen LogP contribution in [0.4, 0.5) is 5.69 Å². The molecule has 2 aromatic carbocycles. The Morgan fingerprint density at radius 3 is 2.47 bits per heavy atom. The third-order valence-corrected chi connectivity index (χ3v) is 5.28. The fourth-order valence-corrected chi connectivity index (χ4v) is 3.49. The molecule has 0 spiro atoms. The van der Waals surface area contributed by atoms with E-state index in [-0.39, 0.29) is 16.5 Å². The zero-order chi connectivity index (χ0) is 21.9. The summed E-state index contributed by atoms with van der Waals surface area (Å²) < 4.78 is 10.5. The molecule has 9 heteroatoms. The number of amides is 2. The van der Waals surface area contributed by atoms with E-state index < -0.39 is 11.9 Å². The molecule has 30 heavy (non-hydrogen) atoms. The lowest BCUT2D eigenvalue weighted by Gasteiger charge is -2.19. The van der Waals surface area contributed by atoms with Crippen molar-refractivity contribution in [3.8, 4) is 5.75 Å². The average Bonchev–Trinajstić information content (AvgIpc) is 2.72. The Kier molecular flexibility index (Phi) is 10.3. The topological polar surface area (TPSA) is 76.7 Å². The summed E-state index contributed by atoms with van der Waals surface area (Å²) in [4.78, 5) is 25.4. The summed E-state index contributed by atoms with van der Waals surface area (Å²) >= 11 is 13.6. The summed E-state index contributed by atoms with van der Waals surface area (Å²) in [5.74, 6) is 0.643. The maximum absolute atomic E-state index is 12.8. The highest BCUT2D eigenvalue weighted by molar-refractivity contribution is 7.98. The number of carbonyl (C=O) groups is 2. The molecule has 0 bridgehead atoms. The molecular formula is C21H24Cl2N2O4S. The number of halogens is 2. The summed E-state index contributed by atoms with van der Waals surface area (Å²) in [5.41, 5.74) is 0.868. The molecule has 0 aliphatic heterocycles. The van der Waals surface area contributed by atoms with Gasteiger partial charge in [0.1, 0.15) is 18.4 Å². The van der Waals surface area contributed by atoms with Crippen molar-refractivity contribution in [2.45, 2.75) is 12.5 Å². The fourth-order valence-electron chi connectivity index (χ4n) is 2.52. The number of carbonyl (C=O) groups excluding carboxylic acids is 2. The maximum atomic E-state index is 12.8. The van der Waals surface area contributed by atoms with Gasteiger partial charge in [0.15, 0.2) is 0 Å². The van der Waals surface area contributed by atoms with Gasteiger partial charge in [0.2, 0.25) is 5.91 Å². The highest BCUT2D eigenvalue weighted by atomic mass is 35.5. The number of rotatable bonds is 11. The number of nitrogens with one attached hydrogen (secondary N) is 2. The molecule has 2 aromatic rings. The molecule has 0 heterocycles. The molecule has 0 aliphatic carbocycles. The number of ether oxygens (including phenoxy) is 2. The minimum Gasteiger partial charge on any atom is -0.491 e. The van der Waals surface area contributed by atoms with Crippen molar-refractivity contribution < 1.29 is 19.1 Å². The number of methoxy groups -OCH3 is 1. The van der Waals surface area contributed by atoms with Gasteiger partial charge in [-0.25, -0.2) is 0 Å². The van der Waals surface area contributed by atoms with E-state index in [9.17, 15) is 9.59 Å². The molecule has 2 amide bonds. The number of thioether (sulfide) groups is 1. The molecule has 1 atom stereocenters. The van der Waals surface area contributed by atoms with Crippen LogP contribution in [0, 0.1) is 0 Å². The van der Waals surface area contributed by atoms with Crippen LogP contribution < -0.4 is 15.4 Å². The molecule has 0 aliphatic rings. The Bertz CT molecular complexity index is 849. The van der Waals surface area contributed by atoms with Gasteiger partial charge in [0.25, 0.3) is 5.91 Å². The Labute approximate surface area is 190 Å². The molecule has 0 radical (unpaired) electrons. The van der Waals surface area contributed by atoms with Gasteiger partial charge in [-0.05, 0) is 60.9 Å². The molecule has 1 unspecified atom stereocenters. The first-order valence-corrected chi connectivity index (χ1v) is 11.4. The highest BCUT2D eigenvalue weighted by Gasteiger charge is 2.22. The third-order valence-electron chi connectivity index (χ3n) is 4.09. The summed E-state index contributed by atoms with van der Waals surface area (Å²) in [6, 6.07) is 10.9. The van der Waals surface area contributed by atoms with Crippen LogP contribution in [0.15, 0.2) is 42.5 Å². The normalized spacial score (nSPS) is 11.6. The van der Waals surface area contributed by atoms with Gasteiger partial charge in [0.05, 0.1) is 17.2 Å². The number of anilines is 1. The Balaban J connectivity index is 2.03. The van der Waals surface area contributed by atoms with Gasteiger partial charge >= 0.3 is 0 Å². The molecule has 0 fully saturated rings. The van der Waals surface area contributed by atoms with E-state index in [1.54, 1.807) is 49.2 Å². The summed E-state index contributed by atoms with van der Waals surface area (Å²) in [5, 5.41) is 6.26. The summed E-state index contributed by atoms with van der Waals surface area (Å²) in [6.45, 7) is 0.936. The van der Waals surface area contributed by atoms with Crippen molar-refractivity contribution in [1.82, 2.24) is 5.32 Å². The number of hydrogen-bond donors (Lipinski definition) is 2. The molecule has 0 saturated carbocycles. The second-order valence-electron chi connectivity index (χ2n) is 6.29. The van der Waals surface area contributed by atoms with Crippen molar-refractivity contribution in [3.63, 3.8) is 0 Å². The van der Waals surface area contributed by atoms with Gasteiger partial charge in [-0.15, -0.1) is 0 Å². The van der Waals surface area contributed by atoms with Crippen LogP contribution in [0.25, 0.3) is 0 Å². The van der Waals surface area contributed by atoms with Crippen molar-refractivity contribution in [3.05, 3.63) is 58.1 Å². The molecule has 2 N–H and O–H groups in total. The molecular weight excluding hydrogens is 447 g/mol. The van der Waals surface area contributed by atoms with E-state index in [1.165, 1.54) is 12.1 Å². The van der Waals surface area contributed by atoms with Crippen molar-refractivity contribution in [1.29, 1.82) is 0 Å². The lowest BCUT2D eigenvalue weighted by molar-refractivity contribution is -0.118. The van der Waals surface area contributed by atoms with Crippen molar-refractivity contribution in [2.24, 2.45) is 0 Å². The molecule has 0 saturated heterocycles. The van der Waals surface area contributed by atoms with E-state index in [2.05, 4.69) is 10.6 Å². The highest BCUT2D eigenvalue weighted by Crippen LogP contribution is 2.21. The van der Waals surface area contributed by atoms with E-state index in [0.29, 0.717) is 41.8 Å². The summed E-state index contributed by atoms with van der Waals surface area (Å²) in [7, 11) is 1.61. The van der Waals surface area contributed by atoms with Gasteiger partial charge in [-0.2, -0.15) is 11.8 Å². The molecule has 6 nitrogen and oxygen atoms in total. The van der Waals surface area contributed by atoms with E-state index in [4.69, 9.17) is 32.7 Å². The van der Waals surface area contributed by atoms with Gasteiger partial charge in [-0.1, -0.05) is 23.2 Å². The second kappa shape index (κ2) is 12.7. The zero-order valence-corrected chi connectivity index (χ0v) is 19.1. The quantitative estimate of drug-likeness (QED) is 0.472. The van der Waals surface area contributed by atoms with Crippen molar-refractivity contribution in [2.75, 3.05) is 37.6 Å². The monoisotopic (exact) mass is 470 g/mol. The summed E-state index contributed by atoms with van der Waals surface area (Å²) in [6.07, 6.45) is 2.41. The largest absolute Gasteiger partial charge is 0.491 e. The Morgan fingerprint density at radius 1 is 1.10 bits per heavy atom. The molecule has 162 valence electrons. The van der Waals surface area contributed by atoms with Crippen LogP contribution >= 0.6 is 35.0 Å². The first kappa shape index (κ1) is 24.3. The minimum atomic E-state index is -0.714. The lowest BCUT2D eigenvalue weighted by atomic mass is 10.1. The first-order valence-electron chi connectivity index (χ1n) is 9.22. The SMILES string of the molecule is COCCOc1ccc(NC(=O)C(CCSC)NC(=O)c2ccc(Cl)cc2Cl)cc1. The van der Waals surface area contributed by atoms with Crippen molar-refractivity contribution >= 4 is 52.5 Å². The van der Waals surface area contributed by atoms with Gasteiger partial charge in [0, 0.05) is 17.8 Å². The standard InChI is InChI=1S/C21H24Cl2N2O4S/c1-28-10-11-29-16-6-4-15(5-7-16)24-21(27)19(9-12-30-2)25-20(26)17-8-3-14(22)13-18(17)23/h3-8,13,19H,9-12H2,1-2H3,(H,24,27)(H,25,26). The van der Waals surface area contributed by atoms with Gasteiger partial charge < -0.3 is 20.1 Å². The van der Waals surface area contributed by atoms with Gasteiger partial charge in [-0.3, -0.25) is 9.59 Å². The molecule has 2 rings (SSSR count). The smallest absolute Gasteiger partial charge is 0.253 e. The van der Waals surface area contributed by atoms with Crippen LogP contribution in [0.2, 0.25) is 10.0 Å². The van der Waals surface area contributed by atoms with E-state index in [0.717, 1.165) is 0 Å². The lowest BCUT2D eigenvalue weighted by Crippen LogP contribution is -2.44. The third kappa shape index (κ3) is 7.72. The Morgan fingerprint density at radius 2 is 1.83 bits per heavy atom. The van der Waals surface area contributed by atoms with Crippen LogP contribution in [0.3, 0.4) is 0 Å². The predicted molar refractivity (Wildman–Crippen MR) is 123 cm³/mol. The van der Waals surface area contributed by atoms with Crippen LogP contribution in [-0.2, 0) is 9.53 Å². The first-order chi connectivity index (χ1) is 14.4. The van der Waals surface area contributed by atoms with Crippen LogP contribution in [0.5, 0.6) is 5.75 Å². The number of hydrogen-bond acceptors (Lipinski definition) is 5. The second-order valence-corrected chi connectivity index (χ2v) is 8.12.